The summed E-state index contributed by atoms with van der Waals surface area (Å²) in [6.45, 7) is 5.48. The van der Waals surface area contributed by atoms with Gasteiger partial charge in [0.05, 0.1) is 11.7 Å². The zero-order chi connectivity index (χ0) is 13.9. The number of nitrogens with zero attached hydrogens (tertiary/aromatic N) is 1. The van der Waals surface area contributed by atoms with Gasteiger partial charge in [0.15, 0.2) is 0 Å². The van der Waals surface area contributed by atoms with Crippen LogP contribution in [0.15, 0.2) is 18.2 Å². The van der Waals surface area contributed by atoms with Crippen LogP contribution < -0.4 is 11.1 Å². The predicted molar refractivity (Wildman–Crippen MR) is 67.2 cm³/mol. The number of rotatable bonds is 2. The highest BCUT2D eigenvalue weighted by atomic mass is 19.1. The van der Waals surface area contributed by atoms with Crippen LogP contribution >= 0.6 is 0 Å². The highest BCUT2D eigenvalue weighted by Crippen LogP contribution is 2.21. The number of hydrogen-bond acceptors (Lipinski definition) is 3. The van der Waals surface area contributed by atoms with Gasteiger partial charge in [0.25, 0.3) is 0 Å². The Morgan fingerprint density at radius 2 is 2.11 bits per heavy atom. The number of nitriles is 1. The molecule has 0 spiro atoms. The first-order chi connectivity index (χ1) is 8.27. The number of benzene rings is 1. The van der Waals surface area contributed by atoms with Gasteiger partial charge in [0.1, 0.15) is 17.4 Å². The van der Waals surface area contributed by atoms with Crippen LogP contribution in [0.3, 0.4) is 0 Å². The molecular formula is C13H16FN3O. The van der Waals surface area contributed by atoms with Gasteiger partial charge < -0.3 is 11.1 Å². The van der Waals surface area contributed by atoms with Crippen LogP contribution in [-0.2, 0) is 4.79 Å². The molecule has 5 heteroatoms. The molecule has 0 unspecified atom stereocenters. The van der Waals surface area contributed by atoms with Gasteiger partial charge in [-0.15, -0.1) is 0 Å². The zero-order valence-electron chi connectivity index (χ0n) is 10.6. The van der Waals surface area contributed by atoms with Crippen molar-refractivity contribution in [2.75, 3.05) is 5.32 Å². The summed E-state index contributed by atoms with van der Waals surface area (Å²) < 4.78 is 13.3. The van der Waals surface area contributed by atoms with Crippen LogP contribution in [0, 0.1) is 22.6 Å². The fraction of sp³-hybridized carbons (Fsp3) is 0.385. The molecule has 1 atom stereocenters. The van der Waals surface area contributed by atoms with Crippen LogP contribution in [-0.4, -0.2) is 11.9 Å². The first-order valence-corrected chi connectivity index (χ1v) is 5.52. The third-order valence-electron chi connectivity index (χ3n) is 2.60. The summed E-state index contributed by atoms with van der Waals surface area (Å²) in [4.78, 5) is 11.9. The molecule has 1 rings (SSSR count). The smallest absolute Gasteiger partial charge is 0.241 e. The lowest BCUT2D eigenvalue weighted by atomic mass is 9.87. The van der Waals surface area contributed by atoms with E-state index in [2.05, 4.69) is 5.32 Å². The van der Waals surface area contributed by atoms with Gasteiger partial charge in [-0.05, 0) is 17.5 Å². The van der Waals surface area contributed by atoms with Crippen molar-refractivity contribution in [2.45, 2.75) is 26.8 Å². The Bertz CT molecular complexity index is 500. The van der Waals surface area contributed by atoms with Crippen LogP contribution in [0.4, 0.5) is 10.1 Å². The largest absolute Gasteiger partial charge is 0.323 e. The molecule has 0 aliphatic heterocycles. The molecule has 1 aromatic rings. The molecule has 1 amide bonds. The van der Waals surface area contributed by atoms with Gasteiger partial charge in [-0.2, -0.15) is 5.26 Å². The molecule has 0 aromatic heterocycles. The second-order valence-electron chi connectivity index (χ2n) is 5.11. The Morgan fingerprint density at radius 3 is 2.61 bits per heavy atom. The van der Waals surface area contributed by atoms with Crippen molar-refractivity contribution in [2.24, 2.45) is 11.1 Å². The highest BCUT2D eigenvalue weighted by Gasteiger charge is 2.28. The second kappa shape index (κ2) is 5.15. The van der Waals surface area contributed by atoms with Gasteiger partial charge in [-0.25, -0.2) is 4.39 Å². The van der Waals surface area contributed by atoms with E-state index in [1.165, 1.54) is 12.1 Å². The Kier molecular flexibility index (Phi) is 4.04. The maximum absolute atomic E-state index is 13.3. The maximum Gasteiger partial charge on any atom is 0.241 e. The molecule has 3 N–H and O–H groups in total. The monoisotopic (exact) mass is 249 g/mol. The number of nitrogens with two attached hydrogens (primary N) is 1. The number of halogens is 1. The summed E-state index contributed by atoms with van der Waals surface area (Å²) in [5, 5.41) is 11.3. The summed E-state index contributed by atoms with van der Waals surface area (Å²) >= 11 is 0. The van der Waals surface area contributed by atoms with E-state index in [-0.39, 0.29) is 11.3 Å². The van der Waals surface area contributed by atoms with Crippen LogP contribution in [0.2, 0.25) is 0 Å². The minimum atomic E-state index is -0.743. The number of anilines is 1. The van der Waals surface area contributed by atoms with Crippen LogP contribution in [0.1, 0.15) is 26.3 Å². The van der Waals surface area contributed by atoms with Crippen LogP contribution in [0.5, 0.6) is 0 Å². The molecule has 96 valence electrons. The average molecular weight is 249 g/mol. The second-order valence-corrected chi connectivity index (χ2v) is 5.11. The maximum atomic E-state index is 13.3. The zero-order valence-corrected chi connectivity index (χ0v) is 10.6. The molecule has 0 saturated carbocycles. The molecule has 0 aliphatic rings. The van der Waals surface area contributed by atoms with Crippen molar-refractivity contribution >= 4 is 11.6 Å². The van der Waals surface area contributed by atoms with Crippen molar-refractivity contribution < 1.29 is 9.18 Å². The third-order valence-corrected chi connectivity index (χ3v) is 2.60. The van der Waals surface area contributed by atoms with E-state index in [0.29, 0.717) is 0 Å². The molecule has 4 nitrogen and oxygen atoms in total. The van der Waals surface area contributed by atoms with Crippen molar-refractivity contribution in [3.63, 3.8) is 0 Å². The van der Waals surface area contributed by atoms with E-state index in [4.69, 9.17) is 11.0 Å². The minimum absolute atomic E-state index is 0.141. The molecule has 0 aliphatic carbocycles. The summed E-state index contributed by atoms with van der Waals surface area (Å²) in [6.07, 6.45) is 0. The Labute approximate surface area is 106 Å². The third kappa shape index (κ3) is 3.05. The first-order valence-electron chi connectivity index (χ1n) is 5.52. The quantitative estimate of drug-likeness (QED) is 0.841. The lowest BCUT2D eigenvalue weighted by Crippen LogP contribution is -2.45. The SMILES string of the molecule is CC(C)(C)[C@@H](N)C(=O)Nc1cccc(F)c1C#N. The average Bonchev–Trinajstić information content (AvgIpc) is 2.27. The molecule has 0 saturated heterocycles. The number of nitrogens with one attached hydrogen (secondary N) is 1. The number of hydrogen-bond donors (Lipinski definition) is 2. The standard InChI is InChI=1S/C13H16FN3O/c1-13(2,3)11(16)12(18)17-10-6-4-5-9(14)8(10)7-15/h4-6,11H,16H2,1-3H3,(H,17,18)/t11-/m0/s1. The number of amides is 1. The Hall–Kier alpha value is -1.93. The fourth-order valence-corrected chi connectivity index (χ4v) is 1.35. The minimum Gasteiger partial charge on any atom is -0.323 e. The molecule has 0 bridgehead atoms. The normalized spacial score (nSPS) is 12.7. The lowest BCUT2D eigenvalue weighted by Gasteiger charge is -2.25. The van der Waals surface area contributed by atoms with Gasteiger partial charge in [0.2, 0.25) is 5.91 Å². The number of carbonyl (C=O) groups excluding carboxylic acids is 1. The Morgan fingerprint density at radius 1 is 1.50 bits per heavy atom. The van der Waals surface area contributed by atoms with Crippen molar-refractivity contribution in [3.05, 3.63) is 29.6 Å². The topological polar surface area (TPSA) is 78.9 Å². The molecule has 1 aromatic carbocycles. The van der Waals surface area contributed by atoms with Gasteiger partial charge in [-0.3, -0.25) is 4.79 Å². The van der Waals surface area contributed by atoms with E-state index in [1.54, 1.807) is 6.07 Å². The van der Waals surface area contributed by atoms with Crippen molar-refractivity contribution in [1.29, 1.82) is 5.26 Å². The van der Waals surface area contributed by atoms with E-state index >= 15 is 0 Å². The highest BCUT2D eigenvalue weighted by molar-refractivity contribution is 5.96. The van der Waals surface area contributed by atoms with Crippen LogP contribution in [0.25, 0.3) is 0 Å². The summed E-state index contributed by atoms with van der Waals surface area (Å²) in [6, 6.07) is 5.03. The van der Waals surface area contributed by atoms with Crippen molar-refractivity contribution in [3.8, 4) is 6.07 Å². The molecule has 0 radical (unpaired) electrons. The summed E-state index contributed by atoms with van der Waals surface area (Å²) in [5.74, 6) is -1.11. The molecule has 0 heterocycles. The van der Waals surface area contributed by atoms with Crippen molar-refractivity contribution in [1.82, 2.24) is 0 Å². The van der Waals surface area contributed by atoms with Gasteiger partial charge in [0, 0.05) is 0 Å². The van der Waals surface area contributed by atoms with E-state index in [9.17, 15) is 9.18 Å². The lowest BCUT2D eigenvalue weighted by molar-refractivity contribution is -0.119. The van der Waals surface area contributed by atoms with E-state index in [0.717, 1.165) is 6.07 Å². The fourth-order valence-electron chi connectivity index (χ4n) is 1.35. The van der Waals surface area contributed by atoms with E-state index in [1.807, 2.05) is 20.8 Å². The van der Waals surface area contributed by atoms with Gasteiger partial charge in [-0.1, -0.05) is 26.8 Å². The van der Waals surface area contributed by atoms with E-state index < -0.39 is 23.2 Å². The van der Waals surface area contributed by atoms with Gasteiger partial charge >= 0.3 is 0 Å². The summed E-state index contributed by atoms with van der Waals surface area (Å²) in [5.41, 5.74) is 5.32. The summed E-state index contributed by atoms with van der Waals surface area (Å²) in [7, 11) is 0. The molecular weight excluding hydrogens is 233 g/mol. The Balaban J connectivity index is 2.97. The number of carbonyl (C=O) groups is 1. The molecule has 0 fully saturated rings. The molecule has 18 heavy (non-hydrogen) atoms. The first kappa shape index (κ1) is 14.1. The predicted octanol–water partition coefficient (Wildman–Crippen LogP) is 2.01.